The fourth-order valence-corrected chi connectivity index (χ4v) is 5.79. The molecule has 1 amide bonds. The molecule has 0 spiro atoms. The van der Waals surface area contributed by atoms with Crippen LogP contribution in [-0.4, -0.2) is 119 Å². The molecule has 15 nitrogen and oxygen atoms in total. The second kappa shape index (κ2) is 16.2. The number of carbonyl (C=O) groups is 4. The highest BCUT2D eigenvalue weighted by atomic mass is 16.7. The summed E-state index contributed by atoms with van der Waals surface area (Å²) in [6.45, 7) is 3.27. The van der Waals surface area contributed by atoms with Crippen LogP contribution >= 0.6 is 0 Å². The third-order valence-electron chi connectivity index (χ3n) is 8.39. The molecule has 262 valence electrons. The third-order valence-corrected chi connectivity index (χ3v) is 8.39. The number of aliphatic carboxylic acids is 1. The van der Waals surface area contributed by atoms with Gasteiger partial charge in [-0.05, 0) is 55.5 Å². The summed E-state index contributed by atoms with van der Waals surface area (Å²) in [4.78, 5) is 53.6. The molecule has 2 heterocycles. The van der Waals surface area contributed by atoms with Crippen LogP contribution in [0.3, 0.4) is 0 Å². The number of aliphatic hydroxyl groups excluding tert-OH is 3. The lowest BCUT2D eigenvalue weighted by molar-refractivity contribution is -0.287. The zero-order chi connectivity index (χ0) is 35.1. The maximum atomic E-state index is 14.1. The number of carboxylic acid groups (broad SMARTS) is 1. The minimum absolute atomic E-state index is 0.0847. The van der Waals surface area contributed by atoms with Crippen LogP contribution in [0.2, 0.25) is 0 Å². The Labute approximate surface area is 277 Å². The summed E-state index contributed by atoms with van der Waals surface area (Å²) in [7, 11) is 2.90. The molecular weight excluding hydrogens is 632 g/mol. The van der Waals surface area contributed by atoms with E-state index in [1.165, 1.54) is 19.1 Å². The summed E-state index contributed by atoms with van der Waals surface area (Å²) in [5.74, 6) is -3.06. The molecule has 0 saturated carbocycles. The van der Waals surface area contributed by atoms with Crippen molar-refractivity contribution in [1.29, 1.82) is 0 Å². The van der Waals surface area contributed by atoms with Crippen molar-refractivity contribution in [3.63, 3.8) is 0 Å². The van der Waals surface area contributed by atoms with Gasteiger partial charge in [0.05, 0.1) is 26.9 Å². The number of aliphatic hydroxyl groups is 3. The maximum Gasteiger partial charge on any atom is 0.335 e. The standard InChI is InChI=1S/C33H42N2O13/c1-5-46-31(42)21(12-11-18-9-7-6-8-10-18)34-17(2)29(39)35-16-20-15-24(45-4)23(44-3)14-19(20)13-22(35)32(43)48-33-27(38)25(36)26(37)28(47-33)30(40)41/h6-10,14-15,17,21-22,25-28,33-34,36-38H,5,11-13,16H2,1-4H3,(H,40,41)/t17-,21-,22-,25-,26-,27+,28-,33-/m0/s1. The molecule has 0 unspecified atom stereocenters. The Kier molecular flexibility index (Phi) is 12.3. The number of nitrogens with zero attached hydrogens (tertiary/aromatic N) is 1. The van der Waals surface area contributed by atoms with Crippen LogP contribution in [-0.2, 0) is 52.8 Å². The molecule has 0 aliphatic carbocycles. The largest absolute Gasteiger partial charge is 0.493 e. The molecule has 8 atom stereocenters. The van der Waals surface area contributed by atoms with Gasteiger partial charge in [-0.2, -0.15) is 0 Å². The van der Waals surface area contributed by atoms with Crippen molar-refractivity contribution in [3.8, 4) is 11.5 Å². The van der Waals surface area contributed by atoms with Gasteiger partial charge in [0.1, 0.15) is 30.4 Å². The SMILES string of the molecule is CCOC(=O)[C@H](CCc1ccccc1)N[C@@H](C)C(=O)N1Cc2cc(OC)c(OC)cc2C[C@H]1C(=O)O[C@@H]1O[C@H](C(=O)O)[C@@H](O)[C@H](O)[C@H]1O. The molecule has 5 N–H and O–H groups in total. The predicted molar refractivity (Wildman–Crippen MR) is 166 cm³/mol. The molecule has 0 aromatic heterocycles. The maximum absolute atomic E-state index is 14.1. The second-order valence-corrected chi connectivity index (χ2v) is 11.6. The molecule has 2 aromatic carbocycles. The van der Waals surface area contributed by atoms with E-state index in [-0.39, 0.29) is 19.6 Å². The fraction of sp³-hybridized carbons (Fsp3) is 0.515. The molecule has 2 aliphatic heterocycles. The molecule has 0 radical (unpaired) electrons. The van der Waals surface area contributed by atoms with Gasteiger partial charge < -0.3 is 49.0 Å². The van der Waals surface area contributed by atoms with Crippen LogP contribution in [0.15, 0.2) is 42.5 Å². The Morgan fingerprint density at radius 1 is 0.979 bits per heavy atom. The van der Waals surface area contributed by atoms with Gasteiger partial charge in [-0.15, -0.1) is 0 Å². The minimum Gasteiger partial charge on any atom is -0.493 e. The quantitative estimate of drug-likeness (QED) is 0.176. The van der Waals surface area contributed by atoms with Gasteiger partial charge in [-0.1, -0.05) is 30.3 Å². The summed E-state index contributed by atoms with van der Waals surface area (Å²) < 4.78 is 26.6. The van der Waals surface area contributed by atoms with Crippen LogP contribution in [0, 0.1) is 0 Å². The van der Waals surface area contributed by atoms with Crippen LogP contribution in [0.1, 0.15) is 37.0 Å². The number of esters is 2. The van der Waals surface area contributed by atoms with Crippen LogP contribution in [0.5, 0.6) is 11.5 Å². The summed E-state index contributed by atoms with van der Waals surface area (Å²) in [6.07, 6.45) is -9.19. The molecule has 4 rings (SSSR count). The van der Waals surface area contributed by atoms with Gasteiger partial charge in [-0.25, -0.2) is 9.59 Å². The molecule has 1 saturated heterocycles. The molecule has 2 aliphatic rings. The molecule has 48 heavy (non-hydrogen) atoms. The zero-order valence-electron chi connectivity index (χ0n) is 27.1. The van der Waals surface area contributed by atoms with E-state index in [1.54, 1.807) is 26.0 Å². The third kappa shape index (κ3) is 8.22. The first-order chi connectivity index (χ1) is 22.9. The Morgan fingerprint density at radius 3 is 2.23 bits per heavy atom. The number of hydrogen-bond acceptors (Lipinski definition) is 13. The Bertz CT molecular complexity index is 1450. The van der Waals surface area contributed by atoms with E-state index in [0.29, 0.717) is 35.5 Å². The number of amides is 1. The van der Waals surface area contributed by atoms with Gasteiger partial charge in [0.15, 0.2) is 17.6 Å². The van der Waals surface area contributed by atoms with E-state index in [9.17, 15) is 39.6 Å². The summed E-state index contributed by atoms with van der Waals surface area (Å²) >= 11 is 0. The van der Waals surface area contributed by atoms with Gasteiger partial charge in [0, 0.05) is 13.0 Å². The first kappa shape index (κ1) is 36.6. The van der Waals surface area contributed by atoms with Crippen LogP contribution in [0.25, 0.3) is 0 Å². The lowest BCUT2D eigenvalue weighted by Gasteiger charge is -2.41. The van der Waals surface area contributed by atoms with Crippen molar-refractivity contribution < 1.29 is 63.3 Å². The number of benzene rings is 2. The first-order valence-corrected chi connectivity index (χ1v) is 15.5. The minimum atomic E-state index is -2.00. The highest BCUT2D eigenvalue weighted by Crippen LogP contribution is 2.35. The number of nitrogens with one attached hydrogen (secondary N) is 1. The van der Waals surface area contributed by atoms with E-state index < -0.39 is 72.6 Å². The van der Waals surface area contributed by atoms with Gasteiger partial charge in [0.2, 0.25) is 12.2 Å². The molecule has 0 bridgehead atoms. The fourth-order valence-electron chi connectivity index (χ4n) is 5.79. The number of hydrogen-bond donors (Lipinski definition) is 5. The van der Waals surface area contributed by atoms with E-state index in [4.69, 9.17) is 23.7 Å². The van der Waals surface area contributed by atoms with Crippen molar-refractivity contribution >= 4 is 23.8 Å². The second-order valence-electron chi connectivity index (χ2n) is 11.6. The highest BCUT2D eigenvalue weighted by Gasteiger charge is 2.50. The van der Waals surface area contributed by atoms with Crippen molar-refractivity contribution in [2.24, 2.45) is 0 Å². The summed E-state index contributed by atoms with van der Waals surface area (Å²) in [5.41, 5.74) is 2.25. The molecule has 1 fully saturated rings. The van der Waals surface area contributed by atoms with Crippen molar-refractivity contribution in [3.05, 3.63) is 59.2 Å². The average molecular weight is 675 g/mol. The van der Waals surface area contributed by atoms with Gasteiger partial charge >= 0.3 is 17.9 Å². The van der Waals surface area contributed by atoms with E-state index in [2.05, 4.69) is 5.32 Å². The average Bonchev–Trinajstić information content (AvgIpc) is 3.08. The van der Waals surface area contributed by atoms with Gasteiger partial charge in [-0.3, -0.25) is 14.9 Å². The number of fused-ring (bicyclic) bond motifs is 1. The van der Waals surface area contributed by atoms with Crippen molar-refractivity contribution in [2.75, 3.05) is 20.8 Å². The predicted octanol–water partition coefficient (Wildman–Crippen LogP) is -0.0649. The van der Waals surface area contributed by atoms with Crippen molar-refractivity contribution in [2.45, 2.75) is 88.5 Å². The lowest BCUT2D eigenvalue weighted by atomic mass is 9.92. The Balaban J connectivity index is 1.61. The van der Waals surface area contributed by atoms with Crippen LogP contribution < -0.4 is 14.8 Å². The summed E-state index contributed by atoms with van der Waals surface area (Å²) in [5, 5.41) is 43.2. The molecule has 2 aromatic rings. The van der Waals surface area contributed by atoms with Gasteiger partial charge in [0.25, 0.3) is 0 Å². The topological polar surface area (TPSA) is 211 Å². The number of rotatable bonds is 13. The Hall–Kier alpha value is -4.28. The highest BCUT2D eigenvalue weighted by molar-refractivity contribution is 5.89. The number of carboxylic acids is 1. The number of ether oxygens (including phenoxy) is 5. The molecule has 15 heteroatoms. The number of methoxy groups -OCH3 is 2. The van der Waals surface area contributed by atoms with E-state index in [0.717, 1.165) is 5.56 Å². The monoisotopic (exact) mass is 674 g/mol. The van der Waals surface area contributed by atoms with Crippen LogP contribution in [0.4, 0.5) is 0 Å². The number of aryl methyl sites for hydroxylation is 1. The zero-order valence-corrected chi connectivity index (χ0v) is 27.1. The van der Waals surface area contributed by atoms with Crippen molar-refractivity contribution in [1.82, 2.24) is 10.2 Å². The number of carbonyl (C=O) groups excluding carboxylic acids is 3. The summed E-state index contributed by atoms with van der Waals surface area (Å²) in [6, 6.07) is 9.65. The van der Waals surface area contributed by atoms with E-state index >= 15 is 0 Å². The Morgan fingerprint density at radius 2 is 1.62 bits per heavy atom. The van der Waals surface area contributed by atoms with E-state index in [1.807, 2.05) is 30.3 Å². The molecular formula is C33H42N2O13. The normalized spacial score (nSPS) is 24.9. The smallest absolute Gasteiger partial charge is 0.335 e. The first-order valence-electron chi connectivity index (χ1n) is 15.5. The lowest BCUT2D eigenvalue weighted by Crippen LogP contribution is -2.62.